The summed E-state index contributed by atoms with van der Waals surface area (Å²) in [6, 6.07) is 0. The lowest BCUT2D eigenvalue weighted by atomic mass is 10.1. The maximum Gasteiger partial charge on any atom is 0.472 e. The summed E-state index contributed by atoms with van der Waals surface area (Å²) in [6.45, 7) is 4.66. The molecule has 566 valence electrons. The Morgan fingerprint density at radius 1 is 0.296 bits per heavy atom. The van der Waals surface area contributed by atoms with Crippen LogP contribution in [0.4, 0.5) is 0 Å². The number of rotatable bonds is 72. The highest BCUT2D eigenvalue weighted by molar-refractivity contribution is 7.47. The van der Waals surface area contributed by atoms with Crippen molar-refractivity contribution >= 4 is 39.5 Å². The van der Waals surface area contributed by atoms with Crippen molar-refractivity contribution in [1.82, 2.24) is 0 Å². The molecule has 0 aromatic carbocycles. The summed E-state index contributed by atoms with van der Waals surface area (Å²) in [5.41, 5.74) is 0. The number of allylic oxidation sites excluding steroid dienone is 16. The average Bonchev–Trinajstić information content (AvgIpc) is 1.06. The van der Waals surface area contributed by atoms with Crippen molar-refractivity contribution in [3.8, 4) is 0 Å². The summed E-state index contributed by atoms with van der Waals surface area (Å²) in [6.07, 6.45) is 74.0. The van der Waals surface area contributed by atoms with Gasteiger partial charge < -0.3 is 33.8 Å². The maximum atomic E-state index is 13.1. The van der Waals surface area contributed by atoms with Gasteiger partial charge in [-0.2, -0.15) is 0 Å². The van der Waals surface area contributed by atoms with Crippen LogP contribution in [0.3, 0.4) is 0 Å². The first-order chi connectivity index (χ1) is 47.7. The zero-order chi connectivity index (χ0) is 71.8. The van der Waals surface area contributed by atoms with E-state index in [1.165, 1.54) is 83.5 Å². The van der Waals surface area contributed by atoms with Gasteiger partial charge in [-0.05, 0) is 128 Å². The third-order valence-corrected chi connectivity index (χ3v) is 17.9. The number of phosphoric ester groups is 2. The van der Waals surface area contributed by atoms with Crippen molar-refractivity contribution in [3.05, 3.63) is 97.2 Å². The number of unbranched alkanes of at least 4 members (excludes halogenated alkanes) is 30. The molecule has 0 heterocycles. The fraction of sp³-hybridized carbons (Fsp3) is 0.747. The van der Waals surface area contributed by atoms with E-state index in [2.05, 4.69) is 125 Å². The fourth-order valence-corrected chi connectivity index (χ4v) is 11.7. The lowest BCUT2D eigenvalue weighted by Gasteiger charge is -2.21. The standard InChI is InChI=1S/C79H138O17P2/c1-5-9-13-17-21-25-29-32-34-35-36-37-39-41-45-48-52-56-60-64-77(82)90-70-75(96-79(84)66-62-58-54-50-46-42-38-33-30-26-22-18-14-10-6-2)72-94-98(87,88)92-68-73(80)67-91-97(85,86)93-71-74(95-78(83)65-61-57-53-49-43-28-24-20-16-12-8-4)69-89-76(81)63-59-55-51-47-44-40-31-27-23-19-15-11-7-3/h10,14,21-22,25-27,31-34,36-38,46,50,73-75,80H,5-9,11-13,15-20,23-24,28-30,35,39-45,47-49,51-72H2,1-4H3,(H,85,86)(H,87,88)/b14-10-,25-21-,26-22-,31-27-,34-32-,37-36-,38-33-,50-46-. The summed E-state index contributed by atoms with van der Waals surface area (Å²) >= 11 is 0. The van der Waals surface area contributed by atoms with E-state index in [0.29, 0.717) is 32.1 Å². The van der Waals surface area contributed by atoms with E-state index in [1.807, 2.05) is 0 Å². The molecule has 3 N–H and O–H groups in total. The molecular weight excluding hydrogens is 1280 g/mol. The van der Waals surface area contributed by atoms with E-state index in [4.69, 9.17) is 37.0 Å². The van der Waals surface area contributed by atoms with E-state index in [9.17, 15) is 43.2 Å². The van der Waals surface area contributed by atoms with Gasteiger partial charge in [0, 0.05) is 25.7 Å². The number of hydrogen-bond acceptors (Lipinski definition) is 15. The van der Waals surface area contributed by atoms with Gasteiger partial charge in [0.25, 0.3) is 0 Å². The van der Waals surface area contributed by atoms with Crippen molar-refractivity contribution < 1.29 is 80.2 Å². The van der Waals surface area contributed by atoms with E-state index in [1.54, 1.807) is 0 Å². The highest BCUT2D eigenvalue weighted by atomic mass is 31.2. The number of hydrogen-bond donors (Lipinski definition) is 3. The first-order valence-electron chi connectivity index (χ1n) is 38.5. The highest BCUT2D eigenvalue weighted by Gasteiger charge is 2.30. The smallest absolute Gasteiger partial charge is 0.462 e. The van der Waals surface area contributed by atoms with Crippen molar-refractivity contribution in [2.24, 2.45) is 0 Å². The van der Waals surface area contributed by atoms with Crippen LogP contribution >= 0.6 is 15.6 Å². The molecule has 17 nitrogen and oxygen atoms in total. The molecule has 0 saturated heterocycles. The van der Waals surface area contributed by atoms with Gasteiger partial charge in [0.05, 0.1) is 26.4 Å². The first-order valence-corrected chi connectivity index (χ1v) is 41.5. The summed E-state index contributed by atoms with van der Waals surface area (Å²) in [7, 11) is -9.96. The van der Waals surface area contributed by atoms with Crippen LogP contribution in [0.15, 0.2) is 97.2 Å². The monoisotopic (exact) mass is 1420 g/mol. The maximum absolute atomic E-state index is 13.1. The van der Waals surface area contributed by atoms with E-state index >= 15 is 0 Å². The third kappa shape index (κ3) is 70.4. The molecule has 0 fully saturated rings. The average molecular weight is 1420 g/mol. The topological polar surface area (TPSA) is 237 Å². The Morgan fingerprint density at radius 3 is 0.878 bits per heavy atom. The summed E-state index contributed by atoms with van der Waals surface area (Å²) in [4.78, 5) is 72.8. The van der Waals surface area contributed by atoms with Gasteiger partial charge >= 0.3 is 39.5 Å². The van der Waals surface area contributed by atoms with Crippen LogP contribution in [0.25, 0.3) is 0 Å². The van der Waals surface area contributed by atoms with Gasteiger partial charge in [-0.1, -0.05) is 266 Å². The summed E-state index contributed by atoms with van der Waals surface area (Å²) < 4.78 is 68.4. The molecule has 0 bridgehead atoms. The predicted molar refractivity (Wildman–Crippen MR) is 399 cm³/mol. The molecule has 0 rings (SSSR count). The Kier molecular flexibility index (Phi) is 68.4. The molecule has 0 amide bonds. The number of aliphatic hydroxyl groups excluding tert-OH is 1. The van der Waals surface area contributed by atoms with E-state index in [0.717, 1.165) is 154 Å². The second kappa shape index (κ2) is 71.4. The minimum atomic E-state index is -4.99. The van der Waals surface area contributed by atoms with Crippen LogP contribution in [0, 0.1) is 0 Å². The molecule has 5 unspecified atom stereocenters. The Bertz CT molecular complexity index is 2240. The largest absolute Gasteiger partial charge is 0.472 e. The van der Waals surface area contributed by atoms with Gasteiger partial charge in [0.1, 0.15) is 19.3 Å². The lowest BCUT2D eigenvalue weighted by molar-refractivity contribution is -0.161. The van der Waals surface area contributed by atoms with Crippen LogP contribution in [0.1, 0.15) is 323 Å². The molecular formula is C79H138O17P2. The van der Waals surface area contributed by atoms with Gasteiger partial charge in [0.2, 0.25) is 0 Å². The van der Waals surface area contributed by atoms with Crippen LogP contribution in [0.2, 0.25) is 0 Å². The number of phosphoric acid groups is 2. The quantitative estimate of drug-likeness (QED) is 0.0169. The third-order valence-electron chi connectivity index (χ3n) is 16.0. The molecule has 0 aliphatic carbocycles. The number of ether oxygens (including phenoxy) is 4. The van der Waals surface area contributed by atoms with E-state index < -0.39 is 97.5 Å². The molecule has 19 heteroatoms. The number of carbonyl (C=O) groups excluding carboxylic acids is 4. The molecule has 0 spiro atoms. The normalized spacial score (nSPS) is 14.5. The summed E-state index contributed by atoms with van der Waals surface area (Å²) in [5.74, 6) is -2.23. The number of esters is 4. The van der Waals surface area contributed by atoms with Crippen LogP contribution in [-0.4, -0.2) is 96.7 Å². The second-order valence-corrected chi connectivity index (χ2v) is 28.5. The zero-order valence-electron chi connectivity index (χ0n) is 61.7. The number of carbonyl (C=O) groups is 4. The van der Waals surface area contributed by atoms with Crippen molar-refractivity contribution in [1.29, 1.82) is 0 Å². The highest BCUT2D eigenvalue weighted by Crippen LogP contribution is 2.45. The van der Waals surface area contributed by atoms with Crippen LogP contribution in [-0.2, 0) is 65.4 Å². The zero-order valence-corrected chi connectivity index (χ0v) is 63.5. The van der Waals surface area contributed by atoms with Gasteiger partial charge in [-0.3, -0.25) is 37.3 Å². The Morgan fingerprint density at radius 2 is 0.531 bits per heavy atom. The molecule has 0 aromatic heterocycles. The van der Waals surface area contributed by atoms with Crippen molar-refractivity contribution in [3.63, 3.8) is 0 Å². The van der Waals surface area contributed by atoms with E-state index in [-0.39, 0.29) is 25.7 Å². The fourth-order valence-electron chi connectivity index (χ4n) is 10.2. The Hall–Kier alpha value is -4.02. The minimum Gasteiger partial charge on any atom is -0.462 e. The molecule has 0 aromatic rings. The molecule has 5 atom stereocenters. The van der Waals surface area contributed by atoms with Gasteiger partial charge in [0.15, 0.2) is 12.2 Å². The molecule has 0 radical (unpaired) electrons. The lowest BCUT2D eigenvalue weighted by Crippen LogP contribution is -2.30. The summed E-state index contributed by atoms with van der Waals surface area (Å²) in [5, 5.41) is 10.6. The van der Waals surface area contributed by atoms with Crippen LogP contribution in [0.5, 0.6) is 0 Å². The predicted octanol–water partition coefficient (Wildman–Crippen LogP) is 22.0. The number of aliphatic hydroxyl groups is 1. The SMILES string of the molecule is CC/C=C\C/C=C\C/C=C\C/C=C\CCCCC(=O)OC(COC(=O)CCCCCCCC/C=C\C/C=C\C/C=C\CCCCC)COP(=O)(O)OCC(O)COP(=O)(O)OCC(COC(=O)CCCCCCC/C=C\CCCCCC)OC(=O)CCCCCCCCCCCCC. The van der Waals surface area contributed by atoms with Gasteiger partial charge in [-0.25, -0.2) is 9.13 Å². The molecule has 0 aliphatic rings. The minimum absolute atomic E-state index is 0.0395. The molecule has 0 aliphatic heterocycles. The van der Waals surface area contributed by atoms with Crippen LogP contribution < -0.4 is 0 Å². The van der Waals surface area contributed by atoms with Crippen molar-refractivity contribution in [2.75, 3.05) is 39.6 Å². The molecule has 98 heavy (non-hydrogen) atoms. The molecule has 0 saturated carbocycles. The van der Waals surface area contributed by atoms with Crippen molar-refractivity contribution in [2.45, 2.75) is 341 Å². The van der Waals surface area contributed by atoms with Gasteiger partial charge in [-0.15, -0.1) is 0 Å². The Labute approximate surface area is 595 Å². The Balaban J connectivity index is 5.36. The first kappa shape index (κ1) is 94.0. The second-order valence-electron chi connectivity index (χ2n) is 25.6.